The highest BCUT2D eigenvalue weighted by Crippen LogP contribution is 2.48. The number of hydrogen-bond donors (Lipinski definition) is 1. The van der Waals surface area contributed by atoms with Crippen LogP contribution in [-0.2, 0) is 0 Å². The van der Waals surface area contributed by atoms with Crippen LogP contribution in [0.4, 0.5) is 4.39 Å². The lowest BCUT2D eigenvalue weighted by atomic mass is 9.85. The molecule has 1 N–H and O–H groups in total. The molecule has 146 valence electrons. The highest BCUT2D eigenvalue weighted by atomic mass is 35.5. The van der Waals surface area contributed by atoms with E-state index in [0.29, 0.717) is 27.4 Å². The summed E-state index contributed by atoms with van der Waals surface area (Å²) in [5, 5.41) is 17.2. The summed E-state index contributed by atoms with van der Waals surface area (Å²) in [6.07, 6.45) is 2.11. The Morgan fingerprint density at radius 3 is 2.57 bits per heavy atom. The van der Waals surface area contributed by atoms with Crippen molar-refractivity contribution in [3.8, 4) is 6.07 Å². The maximum atomic E-state index is 14.3. The summed E-state index contributed by atoms with van der Waals surface area (Å²) < 4.78 is 14.3. The molecule has 30 heavy (non-hydrogen) atoms. The summed E-state index contributed by atoms with van der Waals surface area (Å²) in [4.78, 5) is 0. The Morgan fingerprint density at radius 1 is 1.03 bits per heavy atom. The predicted molar refractivity (Wildman–Crippen MR) is 117 cm³/mol. The largest absolute Gasteiger partial charge is 0.252 e. The Kier molecular flexibility index (Phi) is 4.61. The first kappa shape index (κ1) is 18.6. The van der Waals surface area contributed by atoms with Gasteiger partial charge in [-0.25, -0.2) is 0 Å². The van der Waals surface area contributed by atoms with Crippen molar-refractivity contribution < 1.29 is 4.39 Å². The number of nitrogens with one attached hydrogen (secondary N) is 1. The molecule has 0 saturated heterocycles. The topological polar surface area (TPSA) is 52.5 Å². The molecule has 3 nitrogen and oxygen atoms in total. The molecular formula is C25H17ClFN3. The molecule has 5 rings (SSSR count). The number of aromatic nitrogens is 2. The third-order valence-electron chi connectivity index (χ3n) is 5.51. The fraction of sp³-hybridized carbons (Fsp3) is 0.120. The Labute approximate surface area is 178 Å². The van der Waals surface area contributed by atoms with E-state index in [2.05, 4.69) is 28.4 Å². The second kappa shape index (κ2) is 7.44. The van der Waals surface area contributed by atoms with Gasteiger partial charge in [0.25, 0.3) is 0 Å². The summed E-state index contributed by atoms with van der Waals surface area (Å²) in [6, 6.07) is 23.4. The van der Waals surface area contributed by atoms with Crippen LogP contribution in [0, 0.1) is 23.2 Å². The van der Waals surface area contributed by atoms with Crippen molar-refractivity contribution in [3.05, 3.63) is 100.0 Å². The number of fused-ring (bicyclic) bond motifs is 1. The molecule has 0 bridgehead atoms. The third kappa shape index (κ3) is 3.28. The van der Waals surface area contributed by atoms with E-state index in [0.717, 1.165) is 40.7 Å². The number of halogens is 2. The molecule has 0 spiro atoms. The van der Waals surface area contributed by atoms with Gasteiger partial charge in [-0.05, 0) is 70.9 Å². The van der Waals surface area contributed by atoms with Crippen molar-refractivity contribution in [3.63, 3.8) is 0 Å². The molecule has 5 heteroatoms. The second-order valence-corrected chi connectivity index (χ2v) is 7.94. The van der Waals surface area contributed by atoms with Crippen molar-refractivity contribution in [2.24, 2.45) is 5.92 Å². The maximum absolute atomic E-state index is 14.3. The van der Waals surface area contributed by atoms with E-state index in [4.69, 9.17) is 11.6 Å². The van der Waals surface area contributed by atoms with Crippen molar-refractivity contribution >= 4 is 33.7 Å². The highest BCUT2D eigenvalue weighted by Gasteiger charge is 2.32. The van der Waals surface area contributed by atoms with Gasteiger partial charge in [-0.3, -0.25) is 5.10 Å². The van der Waals surface area contributed by atoms with Crippen LogP contribution in [0.25, 0.3) is 22.0 Å². The van der Waals surface area contributed by atoms with Gasteiger partial charge in [0.1, 0.15) is 0 Å². The Morgan fingerprint density at radius 2 is 1.83 bits per heavy atom. The minimum atomic E-state index is -0.448. The van der Waals surface area contributed by atoms with Crippen molar-refractivity contribution in [1.82, 2.24) is 10.2 Å². The molecule has 1 aliphatic rings. The van der Waals surface area contributed by atoms with Crippen LogP contribution in [0.3, 0.4) is 0 Å². The lowest BCUT2D eigenvalue weighted by molar-refractivity contribution is 0.588. The van der Waals surface area contributed by atoms with Gasteiger partial charge < -0.3 is 0 Å². The van der Waals surface area contributed by atoms with Crippen LogP contribution in [0.1, 0.15) is 35.1 Å². The van der Waals surface area contributed by atoms with E-state index < -0.39 is 5.95 Å². The van der Waals surface area contributed by atoms with Crippen molar-refractivity contribution in [1.29, 1.82) is 5.26 Å². The molecule has 0 unspecified atom stereocenters. The first-order valence-electron chi connectivity index (χ1n) is 9.79. The van der Waals surface area contributed by atoms with E-state index >= 15 is 0 Å². The van der Waals surface area contributed by atoms with Crippen LogP contribution in [0.5, 0.6) is 0 Å². The standard InChI is InChI=1S/C25H17ClFN3/c26-19-9-10-20(18(12-19)14-28)24(16-6-7-16)23(15-4-2-1-3-5-15)17-8-11-22-21(13-17)25(27)30-29-22/h1-5,8-13,16H,6-7H2,(H,29,30)/b24-23+. The quantitative estimate of drug-likeness (QED) is 0.383. The molecule has 3 aromatic carbocycles. The molecule has 1 fully saturated rings. The van der Waals surface area contributed by atoms with Gasteiger partial charge in [0.15, 0.2) is 0 Å². The van der Waals surface area contributed by atoms with Gasteiger partial charge in [0, 0.05) is 5.02 Å². The van der Waals surface area contributed by atoms with Crippen LogP contribution < -0.4 is 0 Å². The lowest BCUT2D eigenvalue weighted by Crippen LogP contribution is -1.99. The summed E-state index contributed by atoms with van der Waals surface area (Å²) >= 11 is 6.16. The zero-order valence-electron chi connectivity index (χ0n) is 16.0. The van der Waals surface area contributed by atoms with Gasteiger partial charge in [0.2, 0.25) is 5.95 Å². The summed E-state index contributed by atoms with van der Waals surface area (Å²) in [7, 11) is 0. The lowest BCUT2D eigenvalue weighted by Gasteiger charge is -2.18. The van der Waals surface area contributed by atoms with Crippen molar-refractivity contribution in [2.45, 2.75) is 12.8 Å². The molecule has 0 atom stereocenters. The van der Waals surface area contributed by atoms with E-state index in [1.165, 1.54) is 0 Å². The number of nitriles is 1. The zero-order chi connectivity index (χ0) is 20.7. The molecule has 1 aliphatic carbocycles. The number of allylic oxidation sites excluding steroid dienone is 1. The van der Waals surface area contributed by atoms with Crippen LogP contribution >= 0.6 is 11.6 Å². The fourth-order valence-electron chi connectivity index (χ4n) is 3.99. The predicted octanol–water partition coefficient (Wildman–Crippen LogP) is 6.60. The van der Waals surface area contributed by atoms with E-state index in [1.54, 1.807) is 6.07 Å². The molecule has 1 aromatic heterocycles. The smallest absolute Gasteiger partial charge is 0.216 e. The summed E-state index contributed by atoms with van der Waals surface area (Å²) in [5.41, 5.74) is 6.07. The van der Waals surface area contributed by atoms with Gasteiger partial charge >= 0.3 is 0 Å². The number of benzene rings is 3. The van der Waals surface area contributed by atoms with Crippen LogP contribution in [0.15, 0.2) is 66.7 Å². The van der Waals surface area contributed by atoms with Gasteiger partial charge in [-0.15, -0.1) is 0 Å². The van der Waals surface area contributed by atoms with Crippen LogP contribution in [-0.4, -0.2) is 10.2 Å². The van der Waals surface area contributed by atoms with E-state index in [-0.39, 0.29) is 0 Å². The first-order valence-corrected chi connectivity index (χ1v) is 10.2. The Hall–Kier alpha value is -3.42. The number of rotatable bonds is 4. The monoisotopic (exact) mass is 413 g/mol. The van der Waals surface area contributed by atoms with Gasteiger partial charge in [-0.1, -0.05) is 54.1 Å². The summed E-state index contributed by atoms with van der Waals surface area (Å²) in [6.45, 7) is 0. The highest BCUT2D eigenvalue weighted by molar-refractivity contribution is 6.30. The minimum absolute atomic E-state index is 0.346. The maximum Gasteiger partial charge on any atom is 0.216 e. The summed E-state index contributed by atoms with van der Waals surface area (Å²) in [5.74, 6) is -0.102. The average Bonchev–Trinajstić information content (AvgIpc) is 3.55. The SMILES string of the molecule is N#Cc1cc(Cl)ccc1/C(=C(\c1ccccc1)c1ccc2n[nH]c(F)c2c1)C1CC1. The number of H-pyrrole nitrogens is 1. The van der Waals surface area contributed by atoms with Crippen molar-refractivity contribution in [2.75, 3.05) is 0 Å². The molecule has 1 heterocycles. The average molecular weight is 414 g/mol. The first-order chi connectivity index (χ1) is 14.7. The van der Waals surface area contributed by atoms with E-state index in [1.807, 2.05) is 48.5 Å². The molecule has 4 aromatic rings. The number of aromatic amines is 1. The molecule has 0 radical (unpaired) electrons. The zero-order valence-corrected chi connectivity index (χ0v) is 16.7. The van der Waals surface area contributed by atoms with E-state index in [9.17, 15) is 9.65 Å². The normalized spacial score (nSPS) is 14.4. The molecular weight excluding hydrogens is 397 g/mol. The van der Waals surface area contributed by atoms with Crippen LogP contribution in [0.2, 0.25) is 5.02 Å². The minimum Gasteiger partial charge on any atom is -0.252 e. The second-order valence-electron chi connectivity index (χ2n) is 7.50. The number of nitrogens with zero attached hydrogens (tertiary/aromatic N) is 2. The van der Waals surface area contributed by atoms with Gasteiger partial charge in [0.05, 0.1) is 22.5 Å². The third-order valence-corrected chi connectivity index (χ3v) is 5.74. The Balaban J connectivity index is 1.85. The number of hydrogen-bond acceptors (Lipinski definition) is 2. The molecule has 0 aliphatic heterocycles. The molecule has 0 amide bonds. The fourth-order valence-corrected chi connectivity index (χ4v) is 4.16. The molecule has 1 saturated carbocycles. The van der Waals surface area contributed by atoms with Gasteiger partial charge in [-0.2, -0.15) is 14.8 Å². The Bertz CT molecular complexity index is 1330.